The second-order valence-corrected chi connectivity index (χ2v) is 8.78. The van der Waals surface area contributed by atoms with E-state index >= 15 is 0 Å². The molecule has 29 heavy (non-hydrogen) atoms. The fraction of sp³-hybridized carbons (Fsp3) is 0.526. The van der Waals surface area contributed by atoms with Gasteiger partial charge in [0.15, 0.2) is 11.2 Å². The number of nitrogens with one attached hydrogen (secondary N) is 1. The summed E-state index contributed by atoms with van der Waals surface area (Å²) >= 11 is 0.894. The summed E-state index contributed by atoms with van der Waals surface area (Å²) in [6.07, 6.45) is 5.65. The van der Waals surface area contributed by atoms with Crippen LogP contribution in [-0.4, -0.2) is 28.0 Å². The van der Waals surface area contributed by atoms with Crippen LogP contribution < -0.4 is 16.2 Å². The highest BCUT2D eigenvalue weighted by Gasteiger charge is 2.37. The van der Waals surface area contributed by atoms with Crippen LogP contribution in [0.25, 0.3) is 0 Å². The van der Waals surface area contributed by atoms with E-state index in [1.807, 2.05) is 0 Å². The molecule has 0 atom stereocenters. The predicted molar refractivity (Wildman–Crippen MR) is 104 cm³/mol. The molecule has 10 heteroatoms. The Hall–Kier alpha value is -2.23. The van der Waals surface area contributed by atoms with Gasteiger partial charge in [-0.15, -0.1) is 0 Å². The van der Waals surface area contributed by atoms with Crippen LogP contribution in [0.5, 0.6) is 0 Å². The zero-order valence-corrected chi connectivity index (χ0v) is 16.7. The van der Waals surface area contributed by atoms with Crippen molar-refractivity contribution in [1.82, 2.24) is 15.0 Å². The number of aromatic amines is 1. The number of nitrogens with zero attached hydrogens (tertiary/aromatic N) is 4. The third-order valence-electron chi connectivity index (χ3n) is 5.94. The smallest absolute Gasteiger partial charge is 0.342 e. The highest BCUT2D eigenvalue weighted by atomic mass is 32.2. The van der Waals surface area contributed by atoms with Gasteiger partial charge in [0, 0.05) is 30.4 Å². The molecule has 0 radical (unpaired) electrons. The molecule has 3 N–H and O–H groups in total. The van der Waals surface area contributed by atoms with Crippen molar-refractivity contribution in [2.24, 2.45) is 16.4 Å². The van der Waals surface area contributed by atoms with Gasteiger partial charge in [-0.3, -0.25) is 4.98 Å². The molecule has 2 aromatic heterocycles. The van der Waals surface area contributed by atoms with Gasteiger partial charge in [0.1, 0.15) is 0 Å². The van der Waals surface area contributed by atoms with Crippen LogP contribution in [0.4, 0.5) is 19.1 Å². The normalized spacial score (nSPS) is 19.8. The molecule has 1 aliphatic carbocycles. The van der Waals surface area contributed by atoms with Crippen molar-refractivity contribution in [1.29, 1.82) is 0 Å². The first-order valence-corrected chi connectivity index (χ1v) is 10.5. The van der Waals surface area contributed by atoms with Crippen molar-refractivity contribution in [3.8, 4) is 0 Å². The van der Waals surface area contributed by atoms with Crippen molar-refractivity contribution in [3.63, 3.8) is 0 Å². The summed E-state index contributed by atoms with van der Waals surface area (Å²) in [7, 11) is 0. The second-order valence-electron chi connectivity index (χ2n) is 7.69. The number of anilines is 1. The van der Waals surface area contributed by atoms with Crippen molar-refractivity contribution < 1.29 is 13.2 Å². The molecule has 1 saturated heterocycles. The van der Waals surface area contributed by atoms with E-state index in [0.29, 0.717) is 21.7 Å². The zero-order valence-electron chi connectivity index (χ0n) is 15.9. The van der Waals surface area contributed by atoms with Crippen LogP contribution >= 0.6 is 11.8 Å². The number of pyridine rings is 1. The number of hydrogen-bond acceptors (Lipinski definition) is 6. The summed E-state index contributed by atoms with van der Waals surface area (Å²) in [4.78, 5) is 13.6. The summed E-state index contributed by atoms with van der Waals surface area (Å²) in [6, 6.07) is 2.84. The maximum Gasteiger partial charge on any atom is 0.434 e. The number of H-pyrrole nitrogens is 1. The van der Waals surface area contributed by atoms with Crippen molar-refractivity contribution in [3.05, 3.63) is 35.7 Å². The standard InChI is InChI=1S/C19H23F3N6S/c20-19(21,22)15-13(4-3-9-24-15)29-14-12-25-17(26-16(14)27-23)28-10-7-18(8-11-28)5-1-2-6-18/h3-4,9,12H,1-2,5-8,10-11,23H2,(H,25,26,27). The van der Waals surface area contributed by atoms with Gasteiger partial charge in [0.05, 0.1) is 4.90 Å². The lowest BCUT2D eigenvalue weighted by molar-refractivity contribution is -0.143. The minimum atomic E-state index is -4.54. The first-order chi connectivity index (χ1) is 13.9. The molecule has 3 heterocycles. The van der Waals surface area contributed by atoms with E-state index < -0.39 is 11.9 Å². The third-order valence-corrected chi connectivity index (χ3v) is 7.01. The molecule has 2 fully saturated rings. The van der Waals surface area contributed by atoms with Gasteiger partial charge in [-0.2, -0.15) is 18.3 Å². The molecule has 4 rings (SSSR count). The summed E-state index contributed by atoms with van der Waals surface area (Å²) < 4.78 is 39.6. The minimum Gasteiger partial charge on any atom is -0.342 e. The van der Waals surface area contributed by atoms with Crippen molar-refractivity contribution >= 4 is 17.7 Å². The monoisotopic (exact) mass is 424 g/mol. The molecular formula is C19H23F3N6S. The van der Waals surface area contributed by atoms with Crippen LogP contribution in [0.15, 0.2) is 39.4 Å². The lowest BCUT2D eigenvalue weighted by Gasteiger charge is -2.39. The average Bonchev–Trinajstić information content (AvgIpc) is 3.16. The van der Waals surface area contributed by atoms with E-state index in [1.54, 1.807) is 0 Å². The number of hydrogen-bond donors (Lipinski definition) is 2. The Bertz CT molecular complexity index is 926. The van der Waals surface area contributed by atoms with Gasteiger partial charge >= 0.3 is 6.18 Å². The molecule has 0 unspecified atom stereocenters. The molecule has 1 saturated carbocycles. The van der Waals surface area contributed by atoms with Gasteiger partial charge in [-0.1, -0.05) is 24.6 Å². The molecule has 2 aliphatic rings. The number of nitrogens with two attached hydrogens (primary N) is 1. The van der Waals surface area contributed by atoms with E-state index in [9.17, 15) is 13.2 Å². The van der Waals surface area contributed by atoms with E-state index in [0.717, 1.165) is 43.9 Å². The van der Waals surface area contributed by atoms with Gasteiger partial charge in [0.25, 0.3) is 0 Å². The minimum absolute atomic E-state index is 0.0194. The maximum absolute atomic E-state index is 13.2. The Morgan fingerprint density at radius 2 is 1.83 bits per heavy atom. The first-order valence-electron chi connectivity index (χ1n) is 9.68. The molecule has 2 aromatic rings. The number of rotatable bonds is 3. The number of halogens is 3. The lowest BCUT2D eigenvalue weighted by Crippen LogP contribution is -2.40. The Labute approximate surface area is 170 Å². The summed E-state index contributed by atoms with van der Waals surface area (Å²) in [5, 5.41) is 3.74. The van der Waals surface area contributed by atoms with Crippen LogP contribution in [-0.2, 0) is 6.18 Å². The molecule has 0 aromatic carbocycles. The molecule has 156 valence electrons. The van der Waals surface area contributed by atoms with Crippen LogP contribution in [0.2, 0.25) is 0 Å². The number of alkyl halides is 3. The Kier molecular flexibility index (Phi) is 5.46. The van der Waals surface area contributed by atoms with E-state index in [4.69, 9.17) is 5.84 Å². The van der Waals surface area contributed by atoms with Crippen LogP contribution in [0.3, 0.4) is 0 Å². The zero-order chi connectivity index (χ0) is 20.5. The molecule has 0 amide bonds. The fourth-order valence-corrected chi connectivity index (χ4v) is 5.29. The molecule has 1 spiro atoms. The lowest BCUT2D eigenvalue weighted by atomic mass is 9.77. The molecular weight excluding hydrogens is 401 g/mol. The Morgan fingerprint density at radius 1 is 1.10 bits per heavy atom. The second kappa shape index (κ2) is 7.89. The largest absolute Gasteiger partial charge is 0.434 e. The summed E-state index contributed by atoms with van der Waals surface area (Å²) in [6.45, 7) is 1.81. The number of aromatic nitrogens is 3. The van der Waals surface area contributed by atoms with Crippen molar-refractivity contribution in [2.45, 2.75) is 54.5 Å². The highest BCUT2D eigenvalue weighted by Crippen LogP contribution is 2.46. The summed E-state index contributed by atoms with van der Waals surface area (Å²) in [5.74, 6) is 6.16. The Balaban J connectivity index is 1.54. The van der Waals surface area contributed by atoms with E-state index in [2.05, 4.69) is 25.0 Å². The Morgan fingerprint density at radius 3 is 2.48 bits per heavy atom. The fourth-order valence-electron chi connectivity index (χ4n) is 4.33. The topological polar surface area (TPSA) is 83.2 Å². The predicted octanol–water partition coefficient (Wildman–Crippen LogP) is 3.91. The van der Waals surface area contributed by atoms with Gasteiger partial charge in [0.2, 0.25) is 5.95 Å². The third kappa shape index (κ3) is 4.22. The average molecular weight is 424 g/mol. The van der Waals surface area contributed by atoms with E-state index in [-0.39, 0.29) is 4.90 Å². The molecule has 6 nitrogen and oxygen atoms in total. The van der Waals surface area contributed by atoms with Gasteiger partial charge in [-0.05, 0) is 43.2 Å². The van der Waals surface area contributed by atoms with Crippen molar-refractivity contribution in [2.75, 3.05) is 18.0 Å². The van der Waals surface area contributed by atoms with Gasteiger partial charge in [-0.25, -0.2) is 4.98 Å². The SMILES string of the molecule is N/N=c1\[nH]c(N2CCC3(CCCC3)CC2)ncc1Sc1cccnc1C(F)(F)F. The maximum atomic E-state index is 13.2. The highest BCUT2D eigenvalue weighted by molar-refractivity contribution is 7.99. The van der Waals surface area contributed by atoms with Crippen LogP contribution in [0, 0.1) is 5.41 Å². The molecule has 1 aliphatic heterocycles. The quantitative estimate of drug-likeness (QED) is 0.577. The molecule has 0 bridgehead atoms. The number of piperidine rings is 1. The van der Waals surface area contributed by atoms with Gasteiger partial charge < -0.3 is 15.7 Å². The summed E-state index contributed by atoms with van der Waals surface area (Å²) in [5.41, 5.74) is -0.144. The van der Waals surface area contributed by atoms with E-state index in [1.165, 1.54) is 44.0 Å². The first kappa shape index (κ1) is 20.1. The van der Waals surface area contributed by atoms with Crippen LogP contribution in [0.1, 0.15) is 44.2 Å².